The van der Waals surface area contributed by atoms with Gasteiger partial charge in [-0.1, -0.05) is 43.2 Å². The number of amides is 1. The number of aromatic nitrogens is 2. The molecule has 0 unspecified atom stereocenters. The van der Waals surface area contributed by atoms with Crippen LogP contribution in [-0.2, 0) is 17.6 Å². The van der Waals surface area contributed by atoms with Crippen molar-refractivity contribution in [2.45, 2.75) is 46.0 Å². The van der Waals surface area contributed by atoms with Crippen molar-refractivity contribution < 1.29 is 9.53 Å². The van der Waals surface area contributed by atoms with Gasteiger partial charge in [0.1, 0.15) is 10.8 Å². The standard InChI is InChI=1S/C17H23N3O2S/c1-3-5-6-7-16-19-20-17(23-16)18-15(21)12-13-8-10-14(11-9-13)22-4-2/h8-11H,3-7,12H2,1-2H3,(H,18,20,21). The van der Waals surface area contributed by atoms with E-state index in [0.29, 0.717) is 18.2 Å². The highest BCUT2D eigenvalue weighted by molar-refractivity contribution is 7.15. The molecule has 0 aliphatic carbocycles. The summed E-state index contributed by atoms with van der Waals surface area (Å²) in [5.41, 5.74) is 0.943. The first kappa shape index (κ1) is 17.4. The van der Waals surface area contributed by atoms with Gasteiger partial charge in [-0.15, -0.1) is 10.2 Å². The van der Waals surface area contributed by atoms with Crippen LogP contribution in [0.2, 0.25) is 0 Å². The maximum atomic E-state index is 12.1. The number of nitrogens with one attached hydrogen (secondary N) is 1. The molecule has 0 saturated carbocycles. The van der Waals surface area contributed by atoms with E-state index in [1.807, 2.05) is 31.2 Å². The molecular formula is C17H23N3O2S. The maximum Gasteiger partial charge on any atom is 0.230 e. The van der Waals surface area contributed by atoms with Gasteiger partial charge in [-0.05, 0) is 31.0 Å². The molecule has 23 heavy (non-hydrogen) atoms. The lowest BCUT2D eigenvalue weighted by atomic mass is 10.1. The summed E-state index contributed by atoms with van der Waals surface area (Å²) in [6.45, 7) is 4.75. The molecule has 124 valence electrons. The lowest BCUT2D eigenvalue weighted by Gasteiger charge is -2.05. The largest absolute Gasteiger partial charge is 0.494 e. The number of hydrogen-bond acceptors (Lipinski definition) is 5. The molecule has 0 fully saturated rings. The van der Waals surface area contributed by atoms with Crippen LogP contribution in [0.1, 0.15) is 43.7 Å². The van der Waals surface area contributed by atoms with Crippen molar-refractivity contribution in [2.24, 2.45) is 0 Å². The Morgan fingerprint density at radius 3 is 2.65 bits per heavy atom. The van der Waals surface area contributed by atoms with Gasteiger partial charge in [-0.3, -0.25) is 4.79 Å². The van der Waals surface area contributed by atoms with Crippen LogP contribution in [0.5, 0.6) is 5.75 Å². The molecule has 1 heterocycles. The first-order chi connectivity index (χ1) is 11.2. The van der Waals surface area contributed by atoms with Crippen LogP contribution < -0.4 is 10.1 Å². The van der Waals surface area contributed by atoms with Crippen LogP contribution in [0.4, 0.5) is 5.13 Å². The van der Waals surface area contributed by atoms with E-state index in [4.69, 9.17) is 4.74 Å². The highest BCUT2D eigenvalue weighted by atomic mass is 32.1. The van der Waals surface area contributed by atoms with E-state index < -0.39 is 0 Å². The Hall–Kier alpha value is -1.95. The summed E-state index contributed by atoms with van der Waals surface area (Å²) in [7, 11) is 0. The fourth-order valence-electron chi connectivity index (χ4n) is 2.15. The molecule has 6 heteroatoms. The van der Waals surface area contributed by atoms with Crippen molar-refractivity contribution in [3.05, 3.63) is 34.8 Å². The topological polar surface area (TPSA) is 64.1 Å². The minimum atomic E-state index is -0.0783. The Bertz CT molecular complexity index is 611. The molecule has 0 radical (unpaired) electrons. The molecule has 0 aliphatic rings. The summed E-state index contributed by atoms with van der Waals surface area (Å²) in [5, 5.41) is 12.5. The van der Waals surface area contributed by atoms with Crippen molar-refractivity contribution in [3.8, 4) is 5.75 Å². The highest BCUT2D eigenvalue weighted by Crippen LogP contribution is 2.18. The predicted octanol–water partition coefficient (Wildman–Crippen LogP) is 3.85. The SMILES string of the molecule is CCCCCc1nnc(NC(=O)Cc2ccc(OCC)cc2)s1. The van der Waals surface area contributed by atoms with Gasteiger partial charge in [0.15, 0.2) is 0 Å². The third kappa shape index (κ3) is 5.98. The normalized spacial score (nSPS) is 10.5. The highest BCUT2D eigenvalue weighted by Gasteiger charge is 2.09. The van der Waals surface area contributed by atoms with E-state index in [2.05, 4.69) is 22.4 Å². The number of hydrogen-bond donors (Lipinski definition) is 1. The molecule has 2 aromatic rings. The zero-order valence-corrected chi connectivity index (χ0v) is 14.5. The van der Waals surface area contributed by atoms with E-state index in [0.717, 1.165) is 29.2 Å². The summed E-state index contributed by atoms with van der Waals surface area (Å²) in [6.07, 6.45) is 4.74. The zero-order chi connectivity index (χ0) is 16.5. The third-order valence-corrected chi connectivity index (χ3v) is 4.20. The second-order valence-electron chi connectivity index (χ2n) is 5.26. The van der Waals surface area contributed by atoms with Gasteiger partial charge in [0, 0.05) is 6.42 Å². The van der Waals surface area contributed by atoms with E-state index >= 15 is 0 Å². The molecule has 1 amide bonds. The molecule has 1 N–H and O–H groups in total. The second-order valence-corrected chi connectivity index (χ2v) is 6.32. The molecule has 2 rings (SSSR count). The maximum absolute atomic E-state index is 12.1. The molecule has 5 nitrogen and oxygen atoms in total. The van der Waals surface area contributed by atoms with Crippen molar-refractivity contribution in [1.82, 2.24) is 10.2 Å². The van der Waals surface area contributed by atoms with Crippen LogP contribution in [0.15, 0.2) is 24.3 Å². The summed E-state index contributed by atoms with van der Waals surface area (Å²) >= 11 is 1.46. The Labute approximate surface area is 141 Å². The fraction of sp³-hybridized carbons (Fsp3) is 0.471. The minimum Gasteiger partial charge on any atom is -0.494 e. The average molecular weight is 333 g/mol. The van der Waals surface area contributed by atoms with Crippen molar-refractivity contribution in [2.75, 3.05) is 11.9 Å². The molecular weight excluding hydrogens is 310 g/mol. The van der Waals surface area contributed by atoms with Gasteiger partial charge in [0.2, 0.25) is 11.0 Å². The van der Waals surface area contributed by atoms with Gasteiger partial charge >= 0.3 is 0 Å². The van der Waals surface area contributed by atoms with Gasteiger partial charge in [-0.2, -0.15) is 0 Å². The number of aryl methyl sites for hydroxylation is 1. The van der Waals surface area contributed by atoms with Gasteiger partial charge in [0.05, 0.1) is 13.0 Å². The molecule has 0 aliphatic heterocycles. The summed E-state index contributed by atoms with van der Waals surface area (Å²) in [4.78, 5) is 12.1. The number of rotatable bonds is 9. The number of carbonyl (C=O) groups excluding carboxylic acids is 1. The molecule has 0 bridgehead atoms. The predicted molar refractivity (Wildman–Crippen MR) is 93.1 cm³/mol. The smallest absolute Gasteiger partial charge is 0.230 e. The van der Waals surface area contributed by atoms with Crippen LogP contribution in [0, 0.1) is 0 Å². The van der Waals surface area contributed by atoms with Gasteiger partial charge in [-0.25, -0.2) is 0 Å². The van der Waals surface area contributed by atoms with Crippen LogP contribution in [0.25, 0.3) is 0 Å². The van der Waals surface area contributed by atoms with Gasteiger partial charge < -0.3 is 10.1 Å². The van der Waals surface area contributed by atoms with Gasteiger partial charge in [0.25, 0.3) is 0 Å². The fourth-order valence-corrected chi connectivity index (χ4v) is 2.95. The Morgan fingerprint density at radius 1 is 1.17 bits per heavy atom. The molecule has 0 atom stereocenters. The number of ether oxygens (including phenoxy) is 1. The van der Waals surface area contributed by atoms with E-state index in [1.165, 1.54) is 24.2 Å². The first-order valence-electron chi connectivity index (χ1n) is 8.05. The monoisotopic (exact) mass is 333 g/mol. The zero-order valence-electron chi connectivity index (χ0n) is 13.7. The van der Waals surface area contributed by atoms with E-state index in [-0.39, 0.29) is 5.91 Å². The summed E-state index contributed by atoms with van der Waals surface area (Å²) in [6, 6.07) is 7.56. The lowest BCUT2D eigenvalue weighted by Crippen LogP contribution is -2.14. The third-order valence-electron chi connectivity index (χ3n) is 3.31. The first-order valence-corrected chi connectivity index (χ1v) is 8.87. The quantitative estimate of drug-likeness (QED) is 0.708. The number of anilines is 1. The van der Waals surface area contributed by atoms with Crippen LogP contribution in [-0.4, -0.2) is 22.7 Å². The van der Waals surface area contributed by atoms with E-state index in [1.54, 1.807) is 0 Å². The van der Waals surface area contributed by atoms with E-state index in [9.17, 15) is 4.79 Å². The number of nitrogens with zero attached hydrogens (tertiary/aromatic N) is 2. The second kappa shape index (κ2) is 9.25. The van der Waals surface area contributed by atoms with Crippen LogP contribution >= 0.6 is 11.3 Å². The molecule has 0 spiro atoms. The Kier molecular flexibility index (Phi) is 7.00. The molecule has 0 saturated heterocycles. The minimum absolute atomic E-state index is 0.0783. The number of unbranched alkanes of at least 4 members (excludes halogenated alkanes) is 2. The van der Waals surface area contributed by atoms with Crippen molar-refractivity contribution in [1.29, 1.82) is 0 Å². The summed E-state index contributed by atoms with van der Waals surface area (Å²) < 4.78 is 5.39. The number of carbonyl (C=O) groups is 1. The average Bonchev–Trinajstić information content (AvgIpc) is 2.97. The Morgan fingerprint density at radius 2 is 1.96 bits per heavy atom. The molecule has 1 aromatic heterocycles. The van der Waals surface area contributed by atoms with Crippen molar-refractivity contribution in [3.63, 3.8) is 0 Å². The number of benzene rings is 1. The van der Waals surface area contributed by atoms with Crippen LogP contribution in [0.3, 0.4) is 0 Å². The molecule has 1 aromatic carbocycles. The van der Waals surface area contributed by atoms with Crippen molar-refractivity contribution >= 4 is 22.4 Å². The lowest BCUT2D eigenvalue weighted by molar-refractivity contribution is -0.115. The summed E-state index contributed by atoms with van der Waals surface area (Å²) in [5.74, 6) is 0.739. The Balaban J connectivity index is 1.82.